The molecule has 1 aromatic heterocycles. The van der Waals surface area contributed by atoms with Crippen LogP contribution in [0.3, 0.4) is 0 Å². The van der Waals surface area contributed by atoms with Crippen molar-refractivity contribution in [3.8, 4) is 0 Å². The number of thioether (sulfide) groups is 1. The molecule has 5 nitrogen and oxygen atoms in total. The van der Waals surface area contributed by atoms with Gasteiger partial charge in [-0.25, -0.2) is 4.79 Å². The highest BCUT2D eigenvalue weighted by atomic mass is 32.2. The second kappa shape index (κ2) is 7.20. The van der Waals surface area contributed by atoms with E-state index in [2.05, 4.69) is 28.1 Å². The van der Waals surface area contributed by atoms with Gasteiger partial charge < -0.3 is 10.1 Å². The summed E-state index contributed by atoms with van der Waals surface area (Å²) in [6.07, 6.45) is -0.378. The summed E-state index contributed by atoms with van der Waals surface area (Å²) < 4.78 is 5.79. The van der Waals surface area contributed by atoms with Crippen molar-refractivity contribution >= 4 is 41.8 Å². The van der Waals surface area contributed by atoms with Crippen LogP contribution in [-0.4, -0.2) is 34.2 Å². The first-order valence-electron chi connectivity index (χ1n) is 5.43. The Morgan fingerprint density at radius 1 is 1.50 bits per heavy atom. The summed E-state index contributed by atoms with van der Waals surface area (Å²) in [5.41, 5.74) is -0.452. The molecule has 0 fully saturated rings. The molecule has 0 unspecified atom stereocenters. The molecule has 0 bridgehead atoms. The molecule has 102 valence electrons. The van der Waals surface area contributed by atoms with Crippen molar-refractivity contribution in [3.05, 3.63) is 5.01 Å². The van der Waals surface area contributed by atoms with Gasteiger partial charge in [-0.3, -0.25) is 0 Å². The molecule has 0 spiro atoms. The molecule has 0 atom stereocenters. The highest BCUT2D eigenvalue weighted by molar-refractivity contribution is 7.98. The Kier molecular flexibility index (Phi) is 6.24. The Bertz CT molecular complexity index is 390. The summed E-state index contributed by atoms with van der Waals surface area (Å²) in [5, 5.41) is 11.4. The third-order valence-electron chi connectivity index (χ3n) is 1.60. The van der Waals surface area contributed by atoms with E-state index in [0.717, 1.165) is 16.5 Å². The molecule has 1 rings (SSSR count). The van der Waals surface area contributed by atoms with E-state index >= 15 is 0 Å². The first-order valence-corrected chi connectivity index (χ1v) is 7.84. The Hall–Kier alpha value is -0.470. The zero-order valence-corrected chi connectivity index (χ0v) is 13.1. The number of rotatable bonds is 5. The maximum Gasteiger partial charge on any atom is 0.407 e. The van der Waals surface area contributed by atoms with Crippen molar-refractivity contribution in [1.29, 1.82) is 0 Å². The van der Waals surface area contributed by atoms with Crippen LogP contribution < -0.4 is 5.32 Å². The Labute approximate surface area is 121 Å². The largest absolute Gasteiger partial charge is 0.444 e. The van der Waals surface area contributed by atoms with Gasteiger partial charge in [0, 0.05) is 18.1 Å². The van der Waals surface area contributed by atoms with E-state index in [1.807, 2.05) is 20.8 Å². The molecule has 1 N–H and O–H groups in total. The quantitative estimate of drug-likeness (QED) is 0.646. The molecule has 0 aliphatic rings. The number of hydrogen-bond acceptors (Lipinski definition) is 7. The zero-order valence-electron chi connectivity index (χ0n) is 10.6. The summed E-state index contributed by atoms with van der Waals surface area (Å²) in [6, 6.07) is 0. The monoisotopic (exact) mass is 307 g/mol. The average Bonchev–Trinajstić information content (AvgIpc) is 2.61. The second-order valence-electron chi connectivity index (χ2n) is 4.46. The SMILES string of the molecule is CC(C)(C)OC(=O)NCCSCc1nnc(S)s1. The fourth-order valence-electron chi connectivity index (χ4n) is 1.00. The van der Waals surface area contributed by atoms with Crippen LogP contribution in [0, 0.1) is 0 Å². The fraction of sp³-hybridized carbons (Fsp3) is 0.700. The lowest BCUT2D eigenvalue weighted by Crippen LogP contribution is -2.33. The van der Waals surface area contributed by atoms with Gasteiger partial charge in [0.05, 0.1) is 0 Å². The van der Waals surface area contributed by atoms with Crippen LogP contribution in [0.25, 0.3) is 0 Å². The van der Waals surface area contributed by atoms with Crippen molar-refractivity contribution in [2.24, 2.45) is 0 Å². The molecule has 0 aliphatic heterocycles. The summed E-state index contributed by atoms with van der Waals surface area (Å²) in [7, 11) is 0. The maximum absolute atomic E-state index is 11.3. The minimum atomic E-state index is -0.452. The minimum Gasteiger partial charge on any atom is -0.444 e. The Morgan fingerprint density at radius 2 is 2.22 bits per heavy atom. The summed E-state index contributed by atoms with van der Waals surface area (Å²) in [6.45, 7) is 6.09. The third kappa shape index (κ3) is 7.07. The van der Waals surface area contributed by atoms with Gasteiger partial charge >= 0.3 is 6.09 Å². The Morgan fingerprint density at radius 3 is 2.78 bits per heavy atom. The molecule has 18 heavy (non-hydrogen) atoms. The molecule has 1 heterocycles. The third-order valence-corrected chi connectivity index (χ3v) is 3.84. The lowest BCUT2D eigenvalue weighted by Gasteiger charge is -2.19. The molecule has 1 amide bonds. The van der Waals surface area contributed by atoms with Crippen LogP contribution >= 0.6 is 35.7 Å². The van der Waals surface area contributed by atoms with Crippen LogP contribution in [0.5, 0.6) is 0 Å². The molecule has 0 saturated carbocycles. The van der Waals surface area contributed by atoms with Gasteiger partial charge in [0.15, 0.2) is 4.34 Å². The Balaban J connectivity index is 2.07. The van der Waals surface area contributed by atoms with Crippen LogP contribution in [-0.2, 0) is 10.5 Å². The van der Waals surface area contributed by atoms with E-state index in [9.17, 15) is 4.79 Å². The van der Waals surface area contributed by atoms with Gasteiger partial charge in [0.25, 0.3) is 0 Å². The summed E-state index contributed by atoms with van der Waals surface area (Å²) >= 11 is 7.25. The normalized spacial score (nSPS) is 11.3. The average molecular weight is 307 g/mol. The van der Waals surface area contributed by atoms with E-state index in [1.54, 1.807) is 11.8 Å². The van der Waals surface area contributed by atoms with Gasteiger partial charge in [-0.2, -0.15) is 11.8 Å². The molecule has 8 heteroatoms. The first-order chi connectivity index (χ1) is 8.37. The van der Waals surface area contributed by atoms with Crippen LogP contribution in [0.1, 0.15) is 25.8 Å². The number of alkyl carbamates (subject to hydrolysis) is 1. The molecular formula is C10H17N3O2S3. The van der Waals surface area contributed by atoms with Crippen molar-refractivity contribution in [3.63, 3.8) is 0 Å². The zero-order chi connectivity index (χ0) is 13.6. The number of nitrogens with one attached hydrogen (secondary N) is 1. The van der Waals surface area contributed by atoms with Crippen molar-refractivity contribution in [2.75, 3.05) is 12.3 Å². The predicted molar refractivity (Wildman–Crippen MR) is 77.6 cm³/mol. The smallest absolute Gasteiger partial charge is 0.407 e. The van der Waals surface area contributed by atoms with E-state index in [-0.39, 0.29) is 6.09 Å². The number of aromatic nitrogens is 2. The highest BCUT2D eigenvalue weighted by Gasteiger charge is 2.15. The number of thiol groups is 1. The van der Waals surface area contributed by atoms with E-state index in [4.69, 9.17) is 4.74 Å². The number of carbonyl (C=O) groups is 1. The van der Waals surface area contributed by atoms with E-state index in [1.165, 1.54) is 11.3 Å². The standard InChI is InChI=1S/C10H17N3O2S3/c1-10(2,3)15-8(14)11-4-5-17-6-7-12-13-9(16)18-7/h4-6H2,1-3H3,(H,11,14)(H,13,16). The first kappa shape index (κ1) is 15.6. The van der Waals surface area contributed by atoms with E-state index in [0.29, 0.717) is 10.9 Å². The van der Waals surface area contributed by atoms with Crippen molar-refractivity contribution < 1.29 is 9.53 Å². The van der Waals surface area contributed by atoms with E-state index < -0.39 is 5.60 Å². The summed E-state index contributed by atoms with van der Waals surface area (Å²) in [5.74, 6) is 1.59. The van der Waals surface area contributed by atoms with Crippen molar-refractivity contribution in [2.45, 2.75) is 36.5 Å². The van der Waals surface area contributed by atoms with Crippen LogP contribution in [0.15, 0.2) is 4.34 Å². The van der Waals surface area contributed by atoms with Gasteiger partial charge in [0.1, 0.15) is 10.6 Å². The maximum atomic E-state index is 11.3. The molecule has 0 saturated heterocycles. The summed E-state index contributed by atoms with van der Waals surface area (Å²) in [4.78, 5) is 11.3. The lowest BCUT2D eigenvalue weighted by molar-refractivity contribution is 0.0531. The second-order valence-corrected chi connectivity index (χ2v) is 7.35. The number of ether oxygens (including phenoxy) is 1. The predicted octanol–water partition coefficient (Wildman–Crippen LogP) is 2.58. The molecule has 1 aromatic rings. The van der Waals surface area contributed by atoms with Gasteiger partial charge in [-0.05, 0) is 20.8 Å². The van der Waals surface area contributed by atoms with Gasteiger partial charge in [-0.15, -0.1) is 22.8 Å². The van der Waals surface area contributed by atoms with Crippen molar-refractivity contribution in [1.82, 2.24) is 15.5 Å². The molecule has 0 radical (unpaired) electrons. The van der Waals surface area contributed by atoms with Gasteiger partial charge in [0.2, 0.25) is 0 Å². The molecular weight excluding hydrogens is 290 g/mol. The lowest BCUT2D eigenvalue weighted by atomic mass is 10.2. The van der Waals surface area contributed by atoms with Crippen LogP contribution in [0.4, 0.5) is 4.79 Å². The number of nitrogens with zero attached hydrogens (tertiary/aromatic N) is 2. The van der Waals surface area contributed by atoms with Crippen LogP contribution in [0.2, 0.25) is 0 Å². The topological polar surface area (TPSA) is 64.1 Å². The fourth-order valence-corrected chi connectivity index (χ4v) is 2.85. The highest BCUT2D eigenvalue weighted by Crippen LogP contribution is 2.18. The molecule has 0 aromatic carbocycles. The number of carbonyl (C=O) groups excluding carboxylic acids is 1. The molecule has 0 aliphatic carbocycles. The number of hydrogen-bond donors (Lipinski definition) is 2. The minimum absolute atomic E-state index is 0.378. The van der Waals surface area contributed by atoms with Gasteiger partial charge in [-0.1, -0.05) is 11.3 Å². The number of amides is 1.